The molecule has 90 heavy (non-hydrogen) atoms. The first-order valence-electron chi connectivity index (χ1n) is 33.6. The van der Waals surface area contributed by atoms with E-state index in [1.54, 1.807) is 0 Å². The largest absolute Gasteiger partial charge is 0.491 e. The molecule has 0 amide bonds. The number of epoxide rings is 6. The second-order valence-corrected chi connectivity index (χ2v) is 28.6. The van der Waals surface area contributed by atoms with Crippen molar-refractivity contribution >= 4 is 0 Å². The van der Waals surface area contributed by atoms with E-state index < -0.39 is 5.41 Å². The van der Waals surface area contributed by atoms with E-state index in [0.717, 1.165) is 119 Å². The second kappa shape index (κ2) is 27.2. The molecule has 6 aliphatic rings. The minimum Gasteiger partial charge on any atom is -0.491 e. The molecule has 0 aliphatic carbocycles. The van der Waals surface area contributed by atoms with Crippen LogP contribution in [0.5, 0.6) is 34.5 Å². The molecule has 6 aromatic rings. The van der Waals surface area contributed by atoms with Gasteiger partial charge in [0.15, 0.2) is 0 Å². The van der Waals surface area contributed by atoms with Crippen LogP contribution in [0.4, 0.5) is 0 Å². The van der Waals surface area contributed by atoms with Crippen molar-refractivity contribution in [3.05, 3.63) is 177 Å². The normalized spacial score (nSPS) is 22.0. The van der Waals surface area contributed by atoms with E-state index in [9.17, 15) is 0 Å². The van der Waals surface area contributed by atoms with E-state index >= 15 is 0 Å². The van der Waals surface area contributed by atoms with Gasteiger partial charge in [0.05, 0.1) is 39.6 Å². The maximum absolute atomic E-state index is 6.90. The average molecular weight is 1230 g/mol. The molecular formula is C78H98O12. The number of hydrogen-bond donors (Lipinski definition) is 0. The van der Waals surface area contributed by atoms with Crippen LogP contribution >= 0.6 is 0 Å². The fourth-order valence-electron chi connectivity index (χ4n) is 13.3. The van der Waals surface area contributed by atoms with Crippen molar-refractivity contribution in [1.29, 1.82) is 0 Å². The molecule has 0 aromatic heterocycles. The first-order chi connectivity index (χ1) is 43.4. The van der Waals surface area contributed by atoms with Crippen LogP contribution in [0.3, 0.4) is 0 Å². The highest BCUT2D eigenvalue weighted by Gasteiger charge is 2.40. The van der Waals surface area contributed by atoms with Gasteiger partial charge in [-0.05, 0) is 142 Å². The topological polar surface area (TPSA) is 131 Å². The molecule has 6 aliphatic heterocycles. The van der Waals surface area contributed by atoms with E-state index in [2.05, 4.69) is 191 Å². The summed E-state index contributed by atoms with van der Waals surface area (Å²) in [6.45, 7) is 31.3. The van der Waals surface area contributed by atoms with Gasteiger partial charge in [-0.3, -0.25) is 0 Å². The SMILES string of the molecule is CCCCCCC(C)(Cc1cc(C(C)(C)c2ccc(OCC3CO3)cc2C(C)(CCC)Cc2cc(OCC3CO3)ccc2C(C)(C)c2ccc(OCC3CO3)cc2)ccc1OCC1CO1)c1cc(C(C)(C)c2ccc(OCC3CO3)cc2)ccc1OCC1CO1. The van der Waals surface area contributed by atoms with Gasteiger partial charge in [-0.1, -0.05) is 162 Å². The second-order valence-electron chi connectivity index (χ2n) is 28.6. The third kappa shape index (κ3) is 16.0. The van der Waals surface area contributed by atoms with Crippen molar-refractivity contribution in [2.24, 2.45) is 0 Å². The molecule has 0 N–H and O–H groups in total. The molecule has 12 rings (SSSR count). The van der Waals surface area contributed by atoms with Crippen molar-refractivity contribution in [3.63, 3.8) is 0 Å². The predicted molar refractivity (Wildman–Crippen MR) is 352 cm³/mol. The van der Waals surface area contributed by atoms with E-state index in [1.165, 1.54) is 62.1 Å². The van der Waals surface area contributed by atoms with Crippen molar-refractivity contribution in [3.8, 4) is 34.5 Å². The summed E-state index contributed by atoms with van der Waals surface area (Å²) in [5, 5.41) is 0. The van der Waals surface area contributed by atoms with Gasteiger partial charge in [0.1, 0.15) is 111 Å². The third-order valence-electron chi connectivity index (χ3n) is 19.9. The number of ether oxygens (including phenoxy) is 12. The van der Waals surface area contributed by atoms with Gasteiger partial charge in [0, 0.05) is 27.2 Å². The maximum atomic E-state index is 6.90. The van der Waals surface area contributed by atoms with Crippen LogP contribution in [0, 0.1) is 0 Å². The van der Waals surface area contributed by atoms with Crippen molar-refractivity contribution in [2.75, 3.05) is 79.3 Å². The summed E-state index contributed by atoms with van der Waals surface area (Å²) in [6.07, 6.45) is 9.78. The van der Waals surface area contributed by atoms with Crippen LogP contribution in [0.2, 0.25) is 0 Å². The summed E-state index contributed by atoms with van der Waals surface area (Å²) in [5.41, 5.74) is 10.4. The van der Waals surface area contributed by atoms with Crippen LogP contribution in [0.25, 0.3) is 0 Å². The summed E-state index contributed by atoms with van der Waals surface area (Å²) in [7, 11) is 0. The Labute approximate surface area is 535 Å². The van der Waals surface area contributed by atoms with Gasteiger partial charge in [-0.15, -0.1) is 0 Å². The molecule has 6 fully saturated rings. The van der Waals surface area contributed by atoms with Gasteiger partial charge in [-0.25, -0.2) is 0 Å². The fourth-order valence-corrected chi connectivity index (χ4v) is 13.3. The lowest BCUT2D eigenvalue weighted by Crippen LogP contribution is -2.33. The molecule has 482 valence electrons. The highest BCUT2D eigenvalue weighted by molar-refractivity contribution is 5.55. The van der Waals surface area contributed by atoms with Crippen molar-refractivity contribution < 1.29 is 56.8 Å². The zero-order valence-corrected chi connectivity index (χ0v) is 55.3. The molecular weight excluding hydrogens is 1130 g/mol. The lowest BCUT2D eigenvalue weighted by atomic mass is 9.65. The quantitative estimate of drug-likeness (QED) is 0.0272. The minimum atomic E-state index is -0.492. The molecule has 0 saturated carbocycles. The first-order valence-corrected chi connectivity index (χ1v) is 33.6. The summed E-state index contributed by atoms with van der Waals surface area (Å²) >= 11 is 0. The van der Waals surface area contributed by atoms with Gasteiger partial charge < -0.3 is 56.8 Å². The molecule has 0 spiro atoms. The number of hydrogen-bond acceptors (Lipinski definition) is 12. The molecule has 12 heteroatoms. The van der Waals surface area contributed by atoms with E-state index in [4.69, 9.17) is 56.8 Å². The minimum absolute atomic E-state index is 0.0926. The van der Waals surface area contributed by atoms with Gasteiger partial charge >= 0.3 is 0 Å². The Balaban J connectivity index is 0.928. The smallest absolute Gasteiger partial charge is 0.123 e. The number of rotatable bonds is 37. The lowest BCUT2D eigenvalue weighted by Gasteiger charge is -2.39. The lowest BCUT2D eigenvalue weighted by molar-refractivity contribution is 0.251. The Morgan fingerprint density at radius 2 is 0.722 bits per heavy atom. The van der Waals surface area contributed by atoms with Crippen LogP contribution in [-0.2, 0) is 68.3 Å². The fraction of sp³-hybridized carbons (Fsp3) is 0.538. The van der Waals surface area contributed by atoms with E-state index in [0.29, 0.717) is 46.2 Å². The van der Waals surface area contributed by atoms with Crippen LogP contribution in [-0.4, -0.2) is 116 Å². The summed E-state index contributed by atoms with van der Waals surface area (Å²) in [4.78, 5) is 0. The highest BCUT2D eigenvalue weighted by atomic mass is 16.6. The molecule has 6 heterocycles. The molecule has 8 unspecified atom stereocenters. The Morgan fingerprint density at radius 1 is 0.322 bits per heavy atom. The number of benzene rings is 6. The van der Waals surface area contributed by atoms with Gasteiger partial charge in [0.2, 0.25) is 0 Å². The molecule has 0 radical (unpaired) electrons. The van der Waals surface area contributed by atoms with Crippen molar-refractivity contribution in [1.82, 2.24) is 0 Å². The highest BCUT2D eigenvalue weighted by Crippen LogP contribution is 2.49. The summed E-state index contributed by atoms with van der Waals surface area (Å²) in [5.74, 6) is 5.23. The Morgan fingerprint density at radius 3 is 1.23 bits per heavy atom. The molecule has 8 atom stereocenters. The summed E-state index contributed by atoms with van der Waals surface area (Å²) < 4.78 is 72.8. The average Bonchev–Trinajstić information content (AvgIpc) is 1.72. The first kappa shape index (κ1) is 64.0. The van der Waals surface area contributed by atoms with E-state index in [1.807, 2.05) is 0 Å². The Hall–Kier alpha value is -6.12. The third-order valence-corrected chi connectivity index (χ3v) is 19.9. The molecule has 6 saturated heterocycles. The Bertz CT molecular complexity index is 3370. The van der Waals surface area contributed by atoms with Gasteiger partial charge in [-0.2, -0.15) is 0 Å². The molecule has 12 nitrogen and oxygen atoms in total. The van der Waals surface area contributed by atoms with E-state index in [-0.39, 0.29) is 58.3 Å². The van der Waals surface area contributed by atoms with Crippen LogP contribution in [0.15, 0.2) is 121 Å². The van der Waals surface area contributed by atoms with Gasteiger partial charge in [0.25, 0.3) is 0 Å². The monoisotopic (exact) mass is 1230 g/mol. The molecule has 6 aromatic carbocycles. The molecule has 0 bridgehead atoms. The van der Waals surface area contributed by atoms with Crippen LogP contribution in [0.1, 0.15) is 170 Å². The van der Waals surface area contributed by atoms with Crippen LogP contribution < -0.4 is 28.4 Å². The standard InChI is InChI=1S/C78H98O12/c1-11-13-14-15-33-78(10,71-36-57(21-31-73(71)90-51-67-49-88-67)74(3,4)54-16-22-58(23-17-54)79-40-62-44-83-62)39-53-34-56(20-30-72(53)89-50-66-48-87-66)76(7,8)69-29-27-61(82-43-65-47-86-65)37-70(69)77(9,32-12-2)38-52-35-60(81-42-64-46-85-64)26-28-68(52)75(5,6)55-18-24-59(25-19-55)80-41-63-45-84-63/h16-31,34-37,62-67H,11-15,32-33,38-51H2,1-10H3. The predicted octanol–water partition coefficient (Wildman–Crippen LogP) is 15.1. The van der Waals surface area contributed by atoms with Crippen molar-refractivity contribution in [2.45, 2.75) is 191 Å². The Kier molecular flexibility index (Phi) is 19.4. The zero-order valence-electron chi connectivity index (χ0n) is 55.3. The zero-order chi connectivity index (χ0) is 62.7. The number of unbranched alkanes of at least 4 members (excludes halogenated alkanes) is 3. The summed E-state index contributed by atoms with van der Waals surface area (Å²) in [6, 6.07) is 44.8. The maximum Gasteiger partial charge on any atom is 0.123 e.